The third-order valence-corrected chi connectivity index (χ3v) is 11.2. The summed E-state index contributed by atoms with van der Waals surface area (Å²) in [5.41, 5.74) is 11.5. The molecule has 5 N–H and O–H groups in total. The summed E-state index contributed by atoms with van der Waals surface area (Å²) in [7, 11) is 0. The van der Waals surface area contributed by atoms with Gasteiger partial charge < -0.3 is 25.7 Å². The maximum absolute atomic E-state index is 13.1. The van der Waals surface area contributed by atoms with Gasteiger partial charge in [-0.25, -0.2) is 0 Å². The van der Waals surface area contributed by atoms with Gasteiger partial charge in [0.05, 0.1) is 22.5 Å². The fourth-order valence-corrected chi connectivity index (χ4v) is 8.98. The molecule has 5 aliphatic rings. The Balaban J connectivity index is 1.16. The van der Waals surface area contributed by atoms with Crippen molar-refractivity contribution < 1.29 is 14.9 Å². The third-order valence-electron chi connectivity index (χ3n) is 11.2. The molecule has 1 saturated carbocycles. The Kier molecular flexibility index (Phi) is 6.17. The third kappa shape index (κ3) is 3.82. The molecule has 4 atom stereocenters. The summed E-state index contributed by atoms with van der Waals surface area (Å²) < 4.78 is 6.73. The molecule has 2 aliphatic heterocycles. The van der Waals surface area contributed by atoms with Crippen molar-refractivity contribution in [2.24, 2.45) is 16.6 Å². The van der Waals surface area contributed by atoms with Crippen LogP contribution in [0.15, 0.2) is 35.3 Å². The Bertz CT molecular complexity index is 1570. The smallest absolute Gasteiger partial charge is 0.166 e. The van der Waals surface area contributed by atoms with Gasteiger partial charge in [-0.3, -0.25) is 9.89 Å². The van der Waals surface area contributed by atoms with Crippen LogP contribution in [0.3, 0.4) is 0 Å². The second kappa shape index (κ2) is 9.75. The van der Waals surface area contributed by atoms with E-state index in [0.29, 0.717) is 24.4 Å². The average Bonchev–Trinajstić information content (AvgIpc) is 3.62. The topological polar surface area (TPSA) is 107 Å². The van der Waals surface area contributed by atoms with Crippen molar-refractivity contribution in [3.63, 3.8) is 0 Å². The van der Waals surface area contributed by atoms with Crippen LogP contribution in [0.5, 0.6) is 11.5 Å². The lowest BCUT2D eigenvalue weighted by molar-refractivity contribution is -0.173. The lowest BCUT2D eigenvalue weighted by atomic mass is 9.49. The maximum atomic E-state index is 13.1. The molecule has 1 saturated heterocycles. The molecule has 0 radical (unpaired) electrons. The Hall–Kier alpha value is -3.03. The number of nitrogens with one attached hydrogen (secondary N) is 1. The van der Waals surface area contributed by atoms with Gasteiger partial charge in [0.1, 0.15) is 0 Å². The van der Waals surface area contributed by atoms with E-state index < -0.39 is 11.0 Å². The van der Waals surface area contributed by atoms with Crippen LogP contribution < -0.4 is 10.5 Å². The predicted molar refractivity (Wildman–Crippen MR) is 165 cm³/mol. The maximum Gasteiger partial charge on any atom is 0.166 e. The van der Waals surface area contributed by atoms with Crippen LogP contribution in [-0.4, -0.2) is 57.2 Å². The predicted octanol–water partition coefficient (Wildman–Crippen LogP) is 5.44. The van der Waals surface area contributed by atoms with E-state index >= 15 is 0 Å². The highest BCUT2D eigenvalue weighted by molar-refractivity contribution is 5.89. The number of likely N-dealkylation sites (tertiary alicyclic amines) is 1. The lowest BCUT2D eigenvalue weighted by Crippen LogP contribution is -2.74. The quantitative estimate of drug-likeness (QED) is 0.148. The lowest BCUT2D eigenvalue weighted by Gasteiger charge is -2.62. The second-order valence-electron chi connectivity index (χ2n) is 13.8. The number of amidine groups is 1. The van der Waals surface area contributed by atoms with Crippen LogP contribution in [0.2, 0.25) is 0 Å². The molecule has 7 nitrogen and oxygen atoms in total. The molecule has 2 aromatic carbocycles. The van der Waals surface area contributed by atoms with Crippen LogP contribution in [0.25, 0.3) is 10.9 Å². The first kappa shape index (κ1) is 26.6. The zero-order chi connectivity index (χ0) is 28.6. The van der Waals surface area contributed by atoms with E-state index in [2.05, 4.69) is 46.1 Å². The van der Waals surface area contributed by atoms with Crippen LogP contribution in [0.4, 0.5) is 0 Å². The molecule has 8 rings (SSSR count). The van der Waals surface area contributed by atoms with E-state index in [0.717, 1.165) is 78.1 Å². The molecule has 1 spiro atoms. The number of aliphatic imine (C=N–C) groups is 1. The summed E-state index contributed by atoms with van der Waals surface area (Å²) >= 11 is 0. The number of rotatable bonds is 10. The minimum atomic E-state index is -0.979. The number of H-pyrrole nitrogens is 1. The Morgan fingerprint density at radius 1 is 1.17 bits per heavy atom. The number of hydrogen-bond donors (Lipinski definition) is 4. The van der Waals surface area contributed by atoms with E-state index in [9.17, 15) is 10.2 Å². The summed E-state index contributed by atoms with van der Waals surface area (Å²) in [6.07, 6.45) is 11.2. The normalized spacial score (nSPS) is 29.4. The van der Waals surface area contributed by atoms with E-state index in [4.69, 9.17) is 10.5 Å². The number of nitrogens with zero attached hydrogens (tertiary/aromatic N) is 2. The van der Waals surface area contributed by atoms with Crippen molar-refractivity contribution in [3.05, 3.63) is 58.3 Å². The summed E-state index contributed by atoms with van der Waals surface area (Å²) in [5, 5.41) is 25.1. The molecule has 0 unspecified atom stereocenters. The van der Waals surface area contributed by atoms with Gasteiger partial charge in [0.2, 0.25) is 0 Å². The van der Waals surface area contributed by atoms with Gasteiger partial charge in [-0.15, -0.1) is 0 Å². The average molecular weight is 569 g/mol. The Morgan fingerprint density at radius 3 is 2.86 bits per heavy atom. The monoisotopic (exact) mass is 568 g/mol. The van der Waals surface area contributed by atoms with Crippen molar-refractivity contribution in [1.82, 2.24) is 9.88 Å². The van der Waals surface area contributed by atoms with Crippen molar-refractivity contribution in [2.75, 3.05) is 19.6 Å². The number of aromatic amines is 1. The Morgan fingerprint density at radius 2 is 2.02 bits per heavy atom. The number of aromatic nitrogens is 1. The van der Waals surface area contributed by atoms with Gasteiger partial charge in [-0.05, 0) is 79.5 Å². The molecule has 222 valence electrons. The molecule has 42 heavy (non-hydrogen) atoms. The van der Waals surface area contributed by atoms with Gasteiger partial charge in [-0.2, -0.15) is 0 Å². The van der Waals surface area contributed by atoms with Gasteiger partial charge in [-0.1, -0.05) is 44.7 Å². The molecule has 3 heterocycles. The first-order chi connectivity index (χ1) is 20.4. The van der Waals surface area contributed by atoms with Crippen LogP contribution in [-0.2, 0) is 24.7 Å². The van der Waals surface area contributed by atoms with Crippen LogP contribution in [0.1, 0.15) is 92.3 Å². The summed E-state index contributed by atoms with van der Waals surface area (Å²) in [5.74, 6) is 2.20. The van der Waals surface area contributed by atoms with Gasteiger partial charge in [0.15, 0.2) is 17.6 Å². The molecule has 1 aromatic heterocycles. The number of ether oxygens (including phenoxy) is 1. The van der Waals surface area contributed by atoms with Crippen molar-refractivity contribution in [2.45, 2.75) is 101 Å². The summed E-state index contributed by atoms with van der Waals surface area (Å²) in [6.45, 7) is 5.04. The molecule has 7 heteroatoms. The van der Waals surface area contributed by atoms with Crippen LogP contribution in [0, 0.1) is 5.92 Å². The highest BCUT2D eigenvalue weighted by atomic mass is 16.5. The standard InChI is InChI=1S/C35H44N4O3/c1-2-3-4-5-6-14-37-29(36)17-22-9-11-26-24(16-22)25-19-35(41)28-18-23-10-12-27(40)32-30(23)34(35,33(42-32)31(25)38-26)13-15-39(28)20-21-7-8-21/h9-12,16,21,28,33,38,40-41H,2-8,13-15,17-20H2,1H3,(H2,36,37)/t28-,33+,34+,35-/m1/s1. The first-order valence-electron chi connectivity index (χ1n) is 16.3. The van der Waals surface area contributed by atoms with Crippen LogP contribution >= 0.6 is 0 Å². The molecule has 3 aliphatic carbocycles. The van der Waals surface area contributed by atoms with Gasteiger partial charge in [0.25, 0.3) is 0 Å². The zero-order valence-electron chi connectivity index (χ0n) is 24.8. The highest BCUT2D eigenvalue weighted by Crippen LogP contribution is 2.69. The van der Waals surface area contributed by atoms with E-state index in [1.54, 1.807) is 6.07 Å². The fourth-order valence-electron chi connectivity index (χ4n) is 8.98. The number of unbranched alkanes of at least 4 members (excludes halogenated alkanes) is 4. The number of hydrogen-bond acceptors (Lipinski definition) is 5. The molecule has 2 bridgehead atoms. The molecule has 3 aromatic rings. The van der Waals surface area contributed by atoms with Crippen molar-refractivity contribution >= 4 is 16.7 Å². The molecule has 0 amide bonds. The Labute approximate surface area is 248 Å². The number of piperidine rings is 1. The van der Waals surface area contributed by atoms with E-state index in [1.165, 1.54) is 44.1 Å². The molecular formula is C35H44N4O3. The minimum Gasteiger partial charge on any atom is -0.504 e. The number of phenolic OH excluding ortho intramolecular Hbond substituents is 1. The second-order valence-corrected chi connectivity index (χ2v) is 13.8. The van der Waals surface area contributed by atoms with Gasteiger partial charge in [0, 0.05) is 48.4 Å². The largest absolute Gasteiger partial charge is 0.504 e. The number of aliphatic hydroxyl groups is 1. The van der Waals surface area contributed by atoms with E-state index in [-0.39, 0.29) is 17.9 Å². The number of nitrogens with two attached hydrogens (primary N) is 1. The van der Waals surface area contributed by atoms with Gasteiger partial charge >= 0.3 is 0 Å². The van der Waals surface area contributed by atoms with E-state index in [1.807, 2.05) is 0 Å². The first-order valence-corrected chi connectivity index (χ1v) is 16.3. The minimum absolute atomic E-state index is 0.0299. The SMILES string of the molecule is CCCCCCCN=C(N)Cc1ccc2[nH]c3c(c2c1)C[C@@]1(O)[C@H]2Cc4ccc(O)c5c4[C@@]1(CCN2CC1CC1)[C@H]3O5. The number of aromatic hydroxyl groups is 1. The number of benzene rings is 2. The molecule has 2 fully saturated rings. The summed E-state index contributed by atoms with van der Waals surface area (Å²) in [4.78, 5) is 11.0. The fraction of sp³-hybridized carbons (Fsp3) is 0.571. The molecular weight excluding hydrogens is 524 g/mol. The highest BCUT2D eigenvalue weighted by Gasteiger charge is 2.72. The number of fused-ring (bicyclic) bond motifs is 4. The number of phenols is 1. The summed E-state index contributed by atoms with van der Waals surface area (Å²) in [6, 6.07) is 10.4. The zero-order valence-corrected chi connectivity index (χ0v) is 24.8. The van der Waals surface area contributed by atoms with Crippen molar-refractivity contribution in [3.8, 4) is 11.5 Å². The van der Waals surface area contributed by atoms with Crippen molar-refractivity contribution in [1.29, 1.82) is 0 Å².